The van der Waals surface area contributed by atoms with E-state index in [1.54, 1.807) is 25.1 Å². The van der Waals surface area contributed by atoms with Crippen LogP contribution >= 0.6 is 0 Å². The number of halogens is 2. The van der Waals surface area contributed by atoms with Crippen molar-refractivity contribution >= 4 is 45.0 Å². The van der Waals surface area contributed by atoms with Gasteiger partial charge in [0.15, 0.2) is 0 Å². The fourth-order valence-corrected chi connectivity index (χ4v) is 3.95. The molecule has 0 saturated heterocycles. The predicted octanol–water partition coefficient (Wildman–Crippen LogP) is 4.50. The largest absolute Gasteiger partial charge is 0.402 e. The molecule has 3 heterocycles. The van der Waals surface area contributed by atoms with E-state index < -0.39 is 17.3 Å². The molecule has 31 heavy (non-hydrogen) atoms. The third kappa shape index (κ3) is 2.95. The molecule has 0 aliphatic carbocycles. The van der Waals surface area contributed by atoms with Gasteiger partial charge < -0.3 is 14.3 Å². The highest BCUT2D eigenvalue weighted by Crippen LogP contribution is 2.34. The van der Waals surface area contributed by atoms with Crippen LogP contribution in [0.25, 0.3) is 32.9 Å². The van der Waals surface area contributed by atoms with E-state index in [9.17, 15) is 18.4 Å². The van der Waals surface area contributed by atoms with Crippen LogP contribution in [0.1, 0.15) is 11.1 Å². The lowest BCUT2D eigenvalue weighted by molar-refractivity contribution is -0.105. The van der Waals surface area contributed by atoms with Crippen LogP contribution in [-0.2, 0) is 11.3 Å². The van der Waals surface area contributed by atoms with Crippen LogP contribution in [0.4, 0.5) is 14.5 Å². The van der Waals surface area contributed by atoms with Crippen LogP contribution in [0.5, 0.6) is 0 Å². The molecule has 8 heteroatoms. The zero-order chi connectivity index (χ0) is 21.7. The number of aromatic nitrogens is 2. The number of nitrogens with one attached hydrogen (secondary N) is 1. The van der Waals surface area contributed by atoms with Crippen molar-refractivity contribution in [3.8, 4) is 0 Å². The Morgan fingerprint density at radius 1 is 1.13 bits per heavy atom. The number of benzene rings is 2. The number of carbonyl (C=O) groups excluding carboxylic acids is 1. The van der Waals surface area contributed by atoms with Gasteiger partial charge in [0, 0.05) is 33.6 Å². The summed E-state index contributed by atoms with van der Waals surface area (Å²) in [6.45, 7) is 1.57. The molecule has 0 atom stereocenters. The van der Waals surface area contributed by atoms with Crippen LogP contribution in [0.3, 0.4) is 0 Å². The number of fused-ring (bicyclic) bond motifs is 5. The van der Waals surface area contributed by atoms with Crippen molar-refractivity contribution in [2.75, 3.05) is 5.32 Å². The van der Waals surface area contributed by atoms with Crippen LogP contribution in [-0.4, -0.2) is 16.0 Å². The van der Waals surface area contributed by atoms with E-state index in [-0.39, 0.29) is 23.3 Å². The van der Waals surface area contributed by atoms with Crippen molar-refractivity contribution in [2.24, 2.45) is 0 Å². The van der Waals surface area contributed by atoms with Crippen LogP contribution < -0.4 is 10.9 Å². The summed E-state index contributed by atoms with van der Waals surface area (Å²) in [6.07, 6.45) is 2.01. The number of rotatable bonds is 4. The summed E-state index contributed by atoms with van der Waals surface area (Å²) in [4.78, 5) is 27.8. The highest BCUT2D eigenvalue weighted by Gasteiger charge is 2.21. The number of hydrogen-bond donors (Lipinski definition) is 1. The quantitative estimate of drug-likeness (QED) is 0.435. The number of hydrogen-bond acceptors (Lipinski definition) is 4. The first-order valence-corrected chi connectivity index (χ1v) is 9.46. The summed E-state index contributed by atoms with van der Waals surface area (Å²) in [5, 5.41) is 4.29. The van der Waals surface area contributed by atoms with E-state index in [0.717, 1.165) is 0 Å². The Hall–Kier alpha value is -4.07. The lowest BCUT2D eigenvalue weighted by atomic mass is 10.1. The maximum Gasteiger partial charge on any atom is 0.362 e. The van der Waals surface area contributed by atoms with E-state index >= 15 is 0 Å². The van der Waals surface area contributed by atoms with Gasteiger partial charge in [0.05, 0.1) is 12.1 Å². The zero-order valence-electron chi connectivity index (χ0n) is 16.3. The monoisotopic (exact) mass is 419 g/mol. The minimum atomic E-state index is -0.655. The number of nitrogens with zero attached hydrogens (tertiary/aromatic N) is 2. The summed E-state index contributed by atoms with van der Waals surface area (Å²) in [5.74, 6) is -0.967. The van der Waals surface area contributed by atoms with Crippen molar-refractivity contribution in [2.45, 2.75) is 13.5 Å². The molecule has 0 unspecified atom stereocenters. The lowest BCUT2D eigenvalue weighted by Crippen LogP contribution is -2.10. The Morgan fingerprint density at radius 3 is 2.77 bits per heavy atom. The molecule has 154 valence electrons. The maximum absolute atomic E-state index is 14.6. The Kier molecular flexibility index (Phi) is 4.28. The molecule has 2 aromatic carbocycles. The molecular weight excluding hydrogens is 404 g/mol. The normalized spacial score (nSPS) is 11.5. The molecule has 0 saturated carbocycles. The first-order chi connectivity index (χ1) is 15.0. The van der Waals surface area contributed by atoms with Gasteiger partial charge in [0.25, 0.3) is 0 Å². The minimum absolute atomic E-state index is 0.0702. The topological polar surface area (TPSA) is 77.1 Å². The second-order valence-corrected chi connectivity index (χ2v) is 7.24. The van der Waals surface area contributed by atoms with Gasteiger partial charge in [-0.2, -0.15) is 0 Å². The summed E-state index contributed by atoms with van der Waals surface area (Å²) in [5.41, 5.74) is 1.17. The molecular formula is C23H15F2N3O3. The third-order valence-corrected chi connectivity index (χ3v) is 5.37. The van der Waals surface area contributed by atoms with Crippen LogP contribution in [0.15, 0.2) is 57.9 Å². The molecule has 0 aliphatic heterocycles. The van der Waals surface area contributed by atoms with Gasteiger partial charge in [-0.05, 0) is 55.0 Å². The fraction of sp³-hybridized carbons (Fsp3) is 0.0870. The summed E-state index contributed by atoms with van der Waals surface area (Å²) < 4.78 is 36.0. The third-order valence-electron chi connectivity index (χ3n) is 5.37. The van der Waals surface area contributed by atoms with E-state index in [4.69, 9.17) is 4.42 Å². The minimum Gasteiger partial charge on any atom is -0.402 e. The van der Waals surface area contributed by atoms with Crippen LogP contribution in [0.2, 0.25) is 0 Å². The Bertz CT molecular complexity index is 1570. The molecule has 1 amide bonds. The van der Waals surface area contributed by atoms with Crippen molar-refractivity contribution < 1.29 is 18.0 Å². The number of anilines is 1. The SMILES string of the molecule is Cc1cc2c3c4cccnc4oc(=O)c3n(Cc3cc(NC=O)ccc3F)c2cc1F. The van der Waals surface area contributed by atoms with Gasteiger partial charge in [-0.1, -0.05) is 0 Å². The summed E-state index contributed by atoms with van der Waals surface area (Å²) >= 11 is 0. The standard InChI is InChI=1S/C23H15F2N3O3/c1-12-7-16-19(9-18(12)25)28(10-13-8-14(27-11-29)4-5-17(13)24)21-20(16)15-3-2-6-26-22(15)31-23(21)30/h2-9,11H,10H2,1H3,(H,27,29). The summed E-state index contributed by atoms with van der Waals surface area (Å²) in [6, 6.07) is 10.6. The van der Waals surface area contributed by atoms with Crippen molar-refractivity contribution in [1.29, 1.82) is 0 Å². The summed E-state index contributed by atoms with van der Waals surface area (Å²) in [7, 11) is 0. The molecule has 5 rings (SSSR count). The Labute approximate surface area is 173 Å². The molecule has 0 aliphatic rings. The highest BCUT2D eigenvalue weighted by molar-refractivity contribution is 6.18. The zero-order valence-corrected chi connectivity index (χ0v) is 16.3. The predicted molar refractivity (Wildman–Crippen MR) is 113 cm³/mol. The number of aryl methyl sites for hydroxylation is 1. The van der Waals surface area contributed by atoms with Crippen LogP contribution in [0, 0.1) is 18.6 Å². The number of amides is 1. The Balaban J connectivity index is 1.89. The van der Waals surface area contributed by atoms with Gasteiger partial charge >= 0.3 is 5.63 Å². The molecule has 0 fully saturated rings. The molecule has 6 nitrogen and oxygen atoms in total. The van der Waals surface area contributed by atoms with E-state index in [2.05, 4.69) is 10.3 Å². The van der Waals surface area contributed by atoms with Gasteiger partial charge in [0.1, 0.15) is 17.2 Å². The van der Waals surface area contributed by atoms with Crippen molar-refractivity contribution in [3.05, 3.63) is 81.8 Å². The van der Waals surface area contributed by atoms with E-state index in [1.165, 1.54) is 35.0 Å². The molecule has 0 bridgehead atoms. The van der Waals surface area contributed by atoms with E-state index in [1.807, 2.05) is 0 Å². The van der Waals surface area contributed by atoms with Gasteiger partial charge in [-0.25, -0.2) is 18.6 Å². The second kappa shape index (κ2) is 7.02. The first kappa shape index (κ1) is 18.9. The molecule has 1 N–H and O–H groups in total. The first-order valence-electron chi connectivity index (χ1n) is 9.46. The average molecular weight is 419 g/mol. The fourth-order valence-electron chi connectivity index (χ4n) is 3.95. The highest BCUT2D eigenvalue weighted by atomic mass is 19.1. The maximum atomic E-state index is 14.6. The second-order valence-electron chi connectivity index (χ2n) is 7.24. The van der Waals surface area contributed by atoms with Gasteiger partial charge in [0.2, 0.25) is 12.1 Å². The average Bonchev–Trinajstić information content (AvgIpc) is 3.05. The molecule has 0 spiro atoms. The van der Waals surface area contributed by atoms with Gasteiger partial charge in [-0.15, -0.1) is 0 Å². The van der Waals surface area contributed by atoms with Crippen molar-refractivity contribution in [1.82, 2.24) is 9.55 Å². The molecule has 0 radical (unpaired) electrons. The van der Waals surface area contributed by atoms with E-state index in [0.29, 0.717) is 39.3 Å². The number of pyridine rings is 1. The Morgan fingerprint density at radius 2 is 1.97 bits per heavy atom. The van der Waals surface area contributed by atoms with Crippen molar-refractivity contribution in [3.63, 3.8) is 0 Å². The molecule has 5 aromatic rings. The number of carbonyl (C=O) groups is 1. The van der Waals surface area contributed by atoms with Gasteiger partial charge in [-0.3, -0.25) is 4.79 Å². The lowest BCUT2D eigenvalue weighted by Gasteiger charge is -2.10. The smallest absolute Gasteiger partial charge is 0.362 e. The molecule has 3 aromatic heterocycles.